The Morgan fingerprint density at radius 1 is 1.20 bits per heavy atom. The number of thioether (sulfide) groups is 1. The Labute approximate surface area is 208 Å². The van der Waals surface area contributed by atoms with Gasteiger partial charge in [-0.05, 0) is 54.2 Å². The average molecular weight is 521 g/mol. The number of hydrogen-bond donors (Lipinski definition) is 5. The third kappa shape index (κ3) is 7.70. The molecule has 2 aromatic carbocycles. The van der Waals surface area contributed by atoms with Crippen molar-refractivity contribution in [3.8, 4) is 11.1 Å². The van der Waals surface area contributed by atoms with Crippen LogP contribution in [0.3, 0.4) is 0 Å². The van der Waals surface area contributed by atoms with Crippen LogP contribution in [0, 0.1) is 0 Å². The molecule has 0 aromatic heterocycles. The average Bonchev–Trinajstić information content (AvgIpc) is 3.25. The first-order valence-corrected chi connectivity index (χ1v) is 13.8. The van der Waals surface area contributed by atoms with E-state index in [1.807, 2.05) is 12.3 Å². The first kappa shape index (κ1) is 26.5. The minimum absolute atomic E-state index is 0.0553. The van der Waals surface area contributed by atoms with Crippen molar-refractivity contribution in [3.63, 3.8) is 0 Å². The predicted octanol–water partition coefficient (Wildman–Crippen LogP) is 1.81. The van der Waals surface area contributed by atoms with Gasteiger partial charge in [-0.15, -0.1) is 0 Å². The number of anilines is 1. The van der Waals surface area contributed by atoms with Gasteiger partial charge in [0, 0.05) is 24.6 Å². The molecule has 12 heteroatoms. The van der Waals surface area contributed by atoms with Gasteiger partial charge in [-0.3, -0.25) is 14.3 Å². The predicted molar refractivity (Wildman–Crippen MR) is 135 cm³/mol. The Morgan fingerprint density at radius 3 is 2.57 bits per heavy atom. The van der Waals surface area contributed by atoms with Gasteiger partial charge in [0.2, 0.25) is 5.91 Å². The monoisotopic (exact) mass is 520 g/mol. The van der Waals surface area contributed by atoms with Crippen LogP contribution < -0.4 is 20.1 Å². The molecule has 0 radical (unpaired) electrons. The fourth-order valence-electron chi connectivity index (χ4n) is 3.62. The molecular formula is C23H28N4O6S2. The Balaban J connectivity index is 1.82. The molecule has 0 saturated carbocycles. The molecule has 0 aliphatic carbocycles. The number of carbonyl (C=O) groups is 3. The molecule has 2 aromatic rings. The van der Waals surface area contributed by atoms with E-state index < -0.39 is 28.1 Å². The maximum Gasteiger partial charge on any atom is 0.326 e. The van der Waals surface area contributed by atoms with Crippen LogP contribution in [-0.2, 0) is 19.8 Å². The lowest BCUT2D eigenvalue weighted by atomic mass is 9.98. The zero-order valence-electron chi connectivity index (χ0n) is 19.1. The molecule has 0 bridgehead atoms. The normalized spacial score (nSPS) is 16.4. The lowest BCUT2D eigenvalue weighted by Gasteiger charge is -2.17. The molecular weight excluding hydrogens is 492 g/mol. The number of carboxylic acid groups (broad SMARTS) is 1. The van der Waals surface area contributed by atoms with Crippen molar-refractivity contribution in [2.75, 3.05) is 23.3 Å². The molecule has 2 amide bonds. The Kier molecular flexibility index (Phi) is 9.13. The van der Waals surface area contributed by atoms with Crippen molar-refractivity contribution in [3.05, 3.63) is 54.1 Å². The summed E-state index contributed by atoms with van der Waals surface area (Å²) >= 11 is 1.48. The first-order valence-electron chi connectivity index (χ1n) is 11.0. The largest absolute Gasteiger partial charge is 0.480 e. The minimum atomic E-state index is -3.94. The molecule has 1 heterocycles. The lowest BCUT2D eigenvalue weighted by Crippen LogP contribution is -2.41. The molecule has 188 valence electrons. The maximum atomic E-state index is 13.0. The van der Waals surface area contributed by atoms with E-state index in [9.17, 15) is 27.9 Å². The van der Waals surface area contributed by atoms with Gasteiger partial charge in [-0.1, -0.05) is 30.3 Å². The number of nitrogens with one attached hydrogen (secondary N) is 4. The number of benzene rings is 2. The zero-order chi connectivity index (χ0) is 25.4. The van der Waals surface area contributed by atoms with Gasteiger partial charge in [0.15, 0.2) is 0 Å². The molecule has 10 nitrogen and oxygen atoms in total. The van der Waals surface area contributed by atoms with Crippen LogP contribution in [0.15, 0.2) is 48.5 Å². The fraction of sp³-hybridized carbons (Fsp3) is 0.348. The molecule has 5 N–H and O–H groups in total. The second kappa shape index (κ2) is 12.0. The highest BCUT2D eigenvalue weighted by Gasteiger charge is 2.24. The summed E-state index contributed by atoms with van der Waals surface area (Å²) in [6, 6.07) is 12.0. The SMILES string of the molecule is CSCC[C@H](NC(=O)c1ccc(NS(=O)(=O)NC[C@@H]2CCC(=O)N2)cc1-c1ccccc1)C(=O)O. The van der Waals surface area contributed by atoms with Crippen LogP contribution >= 0.6 is 11.8 Å². The second-order valence-corrected chi connectivity index (χ2v) is 10.5. The number of aliphatic carboxylic acids is 1. The fourth-order valence-corrected chi connectivity index (χ4v) is 5.02. The van der Waals surface area contributed by atoms with Crippen LogP contribution in [0.25, 0.3) is 11.1 Å². The molecule has 1 aliphatic heterocycles. The molecule has 1 fully saturated rings. The van der Waals surface area contributed by atoms with Crippen LogP contribution in [0.5, 0.6) is 0 Å². The second-order valence-electron chi connectivity index (χ2n) is 8.03. The molecule has 0 spiro atoms. The van der Waals surface area contributed by atoms with Crippen LogP contribution in [0.1, 0.15) is 29.6 Å². The van der Waals surface area contributed by atoms with Crippen molar-refractivity contribution in [2.24, 2.45) is 0 Å². The third-order valence-electron chi connectivity index (χ3n) is 5.42. The summed E-state index contributed by atoms with van der Waals surface area (Å²) in [6.45, 7) is 0.0553. The summed E-state index contributed by atoms with van der Waals surface area (Å²) < 4.78 is 29.9. The first-order chi connectivity index (χ1) is 16.7. The summed E-state index contributed by atoms with van der Waals surface area (Å²) in [4.78, 5) is 35.9. The van der Waals surface area contributed by atoms with Gasteiger partial charge < -0.3 is 15.7 Å². The number of carbonyl (C=O) groups excluding carboxylic acids is 2. The van der Waals surface area contributed by atoms with Gasteiger partial charge in [0.1, 0.15) is 6.04 Å². The summed E-state index contributed by atoms with van der Waals surface area (Å²) in [6.07, 6.45) is 3.04. The quantitative estimate of drug-likeness (QED) is 0.286. The minimum Gasteiger partial charge on any atom is -0.480 e. The van der Waals surface area contributed by atoms with Crippen molar-refractivity contribution in [2.45, 2.75) is 31.3 Å². The number of carboxylic acids is 1. The third-order valence-corrected chi connectivity index (χ3v) is 7.12. The van der Waals surface area contributed by atoms with Crippen LogP contribution in [-0.4, -0.2) is 61.9 Å². The maximum absolute atomic E-state index is 13.0. The van der Waals surface area contributed by atoms with E-state index in [4.69, 9.17) is 0 Å². The molecule has 0 unspecified atom stereocenters. The standard InChI is InChI=1S/C23H28N4O6S2/c1-34-12-11-20(23(30)31)26-22(29)18-9-7-16(13-19(18)15-5-3-2-4-6-15)27-35(32,33)24-14-17-8-10-21(28)25-17/h2-7,9,13,17,20,24,27H,8,10-12,14H2,1H3,(H,25,28)(H,26,29)(H,30,31)/t17-,20-/m0/s1. The van der Waals surface area contributed by atoms with E-state index in [0.717, 1.165) is 0 Å². The van der Waals surface area contributed by atoms with Gasteiger partial charge in [-0.25, -0.2) is 4.79 Å². The van der Waals surface area contributed by atoms with Gasteiger partial charge in [0.25, 0.3) is 16.1 Å². The number of hydrogen-bond acceptors (Lipinski definition) is 6. The van der Waals surface area contributed by atoms with E-state index in [0.29, 0.717) is 29.7 Å². The van der Waals surface area contributed by atoms with Crippen molar-refractivity contribution >= 4 is 45.4 Å². The zero-order valence-corrected chi connectivity index (χ0v) is 20.7. The summed E-state index contributed by atoms with van der Waals surface area (Å²) in [5, 5.41) is 14.7. The van der Waals surface area contributed by atoms with E-state index in [1.165, 1.54) is 30.0 Å². The molecule has 1 saturated heterocycles. The Bertz CT molecular complexity index is 1170. The van der Waals surface area contributed by atoms with Crippen molar-refractivity contribution in [1.29, 1.82) is 0 Å². The van der Waals surface area contributed by atoms with Crippen LogP contribution in [0.4, 0.5) is 5.69 Å². The highest BCUT2D eigenvalue weighted by Crippen LogP contribution is 2.28. The van der Waals surface area contributed by atoms with Gasteiger partial charge in [-0.2, -0.15) is 24.9 Å². The van der Waals surface area contributed by atoms with Gasteiger partial charge >= 0.3 is 5.97 Å². The van der Waals surface area contributed by atoms with Crippen molar-refractivity contribution in [1.82, 2.24) is 15.4 Å². The topological polar surface area (TPSA) is 154 Å². The number of amides is 2. The summed E-state index contributed by atoms with van der Waals surface area (Å²) in [5.74, 6) is -1.23. The van der Waals surface area contributed by atoms with Gasteiger partial charge in [0.05, 0.1) is 5.69 Å². The Hall–Kier alpha value is -3.09. The van der Waals surface area contributed by atoms with Crippen LogP contribution in [0.2, 0.25) is 0 Å². The highest BCUT2D eigenvalue weighted by atomic mass is 32.2. The molecule has 35 heavy (non-hydrogen) atoms. The smallest absolute Gasteiger partial charge is 0.326 e. The number of rotatable bonds is 12. The van der Waals surface area contributed by atoms with E-state index >= 15 is 0 Å². The Morgan fingerprint density at radius 2 is 1.94 bits per heavy atom. The highest BCUT2D eigenvalue weighted by molar-refractivity contribution is 7.98. The van der Waals surface area contributed by atoms with Crippen molar-refractivity contribution < 1.29 is 27.9 Å². The lowest BCUT2D eigenvalue weighted by molar-refractivity contribution is -0.139. The molecule has 3 rings (SSSR count). The molecule has 1 aliphatic rings. The van der Waals surface area contributed by atoms with E-state index in [1.54, 1.807) is 24.3 Å². The molecule has 2 atom stereocenters. The summed E-state index contributed by atoms with van der Waals surface area (Å²) in [5.41, 5.74) is 1.55. The van der Waals surface area contributed by atoms with E-state index in [2.05, 4.69) is 20.1 Å². The summed E-state index contributed by atoms with van der Waals surface area (Å²) in [7, 11) is -3.94. The van der Waals surface area contributed by atoms with E-state index in [-0.39, 0.29) is 36.2 Å².